The Morgan fingerprint density at radius 2 is 2.05 bits per heavy atom. The van der Waals surface area contributed by atoms with Gasteiger partial charge in [0.25, 0.3) is 0 Å². The van der Waals surface area contributed by atoms with Gasteiger partial charge in [-0.25, -0.2) is 4.79 Å². The smallest absolute Gasteiger partial charge is 0.317 e. The number of carbonyl (C=O) groups excluding carboxylic acids is 1. The predicted molar refractivity (Wildman–Crippen MR) is 80.2 cm³/mol. The van der Waals surface area contributed by atoms with Crippen LogP contribution in [0.2, 0.25) is 0 Å². The van der Waals surface area contributed by atoms with Crippen molar-refractivity contribution in [2.45, 2.75) is 51.6 Å². The van der Waals surface area contributed by atoms with Gasteiger partial charge in [-0.15, -0.1) is 0 Å². The number of urea groups is 1. The van der Waals surface area contributed by atoms with Gasteiger partial charge in [0.15, 0.2) is 0 Å². The lowest BCUT2D eigenvalue weighted by Gasteiger charge is -2.38. The Labute approximate surface area is 126 Å². The van der Waals surface area contributed by atoms with Crippen molar-refractivity contribution in [2.24, 2.45) is 5.92 Å². The van der Waals surface area contributed by atoms with Crippen LogP contribution in [0.3, 0.4) is 0 Å². The highest BCUT2D eigenvalue weighted by Gasteiger charge is 2.33. The van der Waals surface area contributed by atoms with Crippen LogP contribution in [0.4, 0.5) is 4.79 Å². The maximum Gasteiger partial charge on any atom is 0.317 e. The summed E-state index contributed by atoms with van der Waals surface area (Å²) in [6.07, 6.45) is 3.25. The first-order valence-electron chi connectivity index (χ1n) is 8.03. The van der Waals surface area contributed by atoms with Crippen molar-refractivity contribution in [3.8, 4) is 0 Å². The fourth-order valence-electron chi connectivity index (χ4n) is 3.42. The van der Waals surface area contributed by atoms with Crippen LogP contribution in [0.15, 0.2) is 0 Å². The van der Waals surface area contributed by atoms with Crippen molar-refractivity contribution in [1.29, 1.82) is 0 Å². The number of hydrogen-bond donors (Lipinski definition) is 2. The quantitative estimate of drug-likeness (QED) is 0.825. The summed E-state index contributed by atoms with van der Waals surface area (Å²) in [7, 11) is 0. The second-order valence-electron chi connectivity index (χ2n) is 6.28. The van der Waals surface area contributed by atoms with E-state index in [1.807, 2.05) is 6.92 Å². The van der Waals surface area contributed by atoms with E-state index >= 15 is 0 Å². The molecule has 2 amide bonds. The first-order valence-corrected chi connectivity index (χ1v) is 8.03. The molecule has 0 aromatic heterocycles. The largest absolute Gasteiger partial charge is 0.481 e. The maximum atomic E-state index is 12.4. The van der Waals surface area contributed by atoms with Crippen molar-refractivity contribution >= 4 is 12.0 Å². The van der Waals surface area contributed by atoms with E-state index in [2.05, 4.69) is 17.1 Å². The van der Waals surface area contributed by atoms with Crippen LogP contribution in [0.1, 0.15) is 39.5 Å². The molecule has 0 radical (unpaired) electrons. The zero-order valence-corrected chi connectivity index (χ0v) is 13.0. The molecular weight excluding hydrogens is 270 g/mol. The van der Waals surface area contributed by atoms with Crippen molar-refractivity contribution in [2.75, 3.05) is 26.2 Å². The van der Waals surface area contributed by atoms with Crippen LogP contribution in [-0.2, 0) is 4.79 Å². The molecule has 2 rings (SSSR count). The van der Waals surface area contributed by atoms with Gasteiger partial charge in [-0.05, 0) is 45.7 Å². The molecule has 0 saturated carbocycles. The zero-order valence-electron chi connectivity index (χ0n) is 13.0. The summed E-state index contributed by atoms with van der Waals surface area (Å²) in [6, 6.07) is 0.176. The fraction of sp³-hybridized carbons (Fsp3) is 0.867. The number of nitrogens with zero attached hydrogens (tertiary/aromatic N) is 2. The highest BCUT2D eigenvalue weighted by Crippen LogP contribution is 2.23. The van der Waals surface area contributed by atoms with E-state index in [9.17, 15) is 9.59 Å². The average Bonchev–Trinajstić information content (AvgIpc) is 2.47. The van der Waals surface area contributed by atoms with Gasteiger partial charge < -0.3 is 20.2 Å². The second kappa shape index (κ2) is 7.11. The zero-order chi connectivity index (χ0) is 15.4. The summed E-state index contributed by atoms with van der Waals surface area (Å²) >= 11 is 0. The summed E-state index contributed by atoms with van der Waals surface area (Å²) in [5.74, 6) is -1.05. The number of carboxylic acids is 1. The van der Waals surface area contributed by atoms with Crippen molar-refractivity contribution in [1.82, 2.24) is 15.1 Å². The Hall–Kier alpha value is -1.30. The Kier molecular flexibility index (Phi) is 5.45. The molecule has 2 fully saturated rings. The molecule has 2 heterocycles. The molecule has 0 aromatic rings. The number of piperidine rings is 2. The van der Waals surface area contributed by atoms with Gasteiger partial charge in [0.2, 0.25) is 0 Å². The molecule has 2 N–H and O–H groups in total. The molecule has 2 aliphatic rings. The summed E-state index contributed by atoms with van der Waals surface area (Å²) < 4.78 is 0. The van der Waals surface area contributed by atoms with Crippen LogP contribution in [0.5, 0.6) is 0 Å². The molecule has 0 spiro atoms. The minimum absolute atomic E-state index is 0.00859. The monoisotopic (exact) mass is 297 g/mol. The Balaban J connectivity index is 1.84. The molecule has 3 atom stereocenters. The number of aliphatic carboxylic acids is 1. The van der Waals surface area contributed by atoms with E-state index in [1.165, 1.54) is 0 Å². The van der Waals surface area contributed by atoms with Crippen LogP contribution in [0.25, 0.3) is 0 Å². The van der Waals surface area contributed by atoms with Gasteiger partial charge in [0.05, 0.1) is 5.92 Å². The molecule has 2 saturated heterocycles. The number of likely N-dealkylation sites (N-methyl/N-ethyl adjacent to an activating group) is 1. The fourth-order valence-corrected chi connectivity index (χ4v) is 3.42. The third-order valence-corrected chi connectivity index (χ3v) is 4.77. The third-order valence-electron chi connectivity index (χ3n) is 4.77. The van der Waals surface area contributed by atoms with Gasteiger partial charge in [0, 0.05) is 25.2 Å². The van der Waals surface area contributed by atoms with E-state index in [4.69, 9.17) is 5.11 Å². The number of hydrogen-bond acceptors (Lipinski definition) is 3. The first kappa shape index (κ1) is 16.1. The SMILES string of the molecule is CCN1CCCC(NC(=O)N2CCC(C(=O)O)CC2C)C1. The van der Waals surface area contributed by atoms with Gasteiger partial charge >= 0.3 is 12.0 Å². The normalized spacial score (nSPS) is 31.0. The van der Waals surface area contributed by atoms with Gasteiger partial charge in [-0.3, -0.25) is 4.79 Å². The lowest BCUT2D eigenvalue weighted by Crippen LogP contribution is -2.55. The molecule has 6 nitrogen and oxygen atoms in total. The lowest BCUT2D eigenvalue weighted by molar-refractivity contribution is -0.143. The van der Waals surface area contributed by atoms with Gasteiger partial charge in [-0.2, -0.15) is 0 Å². The molecule has 2 aliphatic heterocycles. The first-order chi connectivity index (χ1) is 10.0. The van der Waals surface area contributed by atoms with Crippen molar-refractivity contribution < 1.29 is 14.7 Å². The Bertz CT molecular complexity index is 388. The number of likely N-dealkylation sites (tertiary alicyclic amines) is 2. The Morgan fingerprint density at radius 3 is 2.67 bits per heavy atom. The maximum absolute atomic E-state index is 12.4. The summed E-state index contributed by atoms with van der Waals surface area (Å²) in [4.78, 5) is 27.6. The van der Waals surface area contributed by atoms with Crippen LogP contribution in [0, 0.1) is 5.92 Å². The number of carbonyl (C=O) groups is 2. The van der Waals surface area contributed by atoms with E-state index in [1.54, 1.807) is 4.90 Å². The van der Waals surface area contributed by atoms with Crippen LogP contribution < -0.4 is 5.32 Å². The van der Waals surface area contributed by atoms with E-state index < -0.39 is 5.97 Å². The molecule has 0 aromatic carbocycles. The average molecular weight is 297 g/mol. The molecule has 21 heavy (non-hydrogen) atoms. The number of rotatable bonds is 3. The van der Waals surface area contributed by atoms with E-state index in [0.29, 0.717) is 19.4 Å². The minimum atomic E-state index is -0.743. The number of amides is 2. The molecule has 120 valence electrons. The minimum Gasteiger partial charge on any atom is -0.481 e. The van der Waals surface area contributed by atoms with Crippen LogP contribution in [-0.4, -0.2) is 65.2 Å². The lowest BCUT2D eigenvalue weighted by atomic mass is 9.92. The summed E-state index contributed by atoms with van der Waals surface area (Å²) in [5, 5.41) is 12.2. The standard InChI is InChI=1S/C15H27N3O3/c1-3-17-7-4-5-13(10-17)16-15(21)18-8-6-12(14(19)20)9-11(18)2/h11-13H,3-10H2,1-2H3,(H,16,21)(H,19,20). The van der Waals surface area contributed by atoms with Crippen molar-refractivity contribution in [3.05, 3.63) is 0 Å². The third kappa shape index (κ3) is 4.09. The predicted octanol–water partition coefficient (Wildman–Crippen LogP) is 1.37. The summed E-state index contributed by atoms with van der Waals surface area (Å²) in [5.41, 5.74) is 0. The highest BCUT2D eigenvalue weighted by molar-refractivity contribution is 5.76. The van der Waals surface area contributed by atoms with Gasteiger partial charge in [0.1, 0.15) is 0 Å². The molecule has 0 aliphatic carbocycles. The second-order valence-corrected chi connectivity index (χ2v) is 6.28. The number of carboxylic acid groups (broad SMARTS) is 1. The molecule has 0 bridgehead atoms. The summed E-state index contributed by atoms with van der Waals surface area (Å²) in [6.45, 7) is 7.67. The van der Waals surface area contributed by atoms with Gasteiger partial charge in [-0.1, -0.05) is 6.92 Å². The van der Waals surface area contributed by atoms with Crippen molar-refractivity contribution in [3.63, 3.8) is 0 Å². The molecular formula is C15H27N3O3. The van der Waals surface area contributed by atoms with Crippen LogP contribution >= 0.6 is 0 Å². The van der Waals surface area contributed by atoms with E-state index in [0.717, 1.165) is 32.5 Å². The van der Waals surface area contributed by atoms with E-state index in [-0.39, 0.29) is 24.0 Å². The number of nitrogens with one attached hydrogen (secondary N) is 1. The molecule has 3 unspecified atom stereocenters. The molecule has 6 heteroatoms. The Morgan fingerprint density at radius 1 is 1.29 bits per heavy atom. The highest BCUT2D eigenvalue weighted by atomic mass is 16.4. The topological polar surface area (TPSA) is 72.9 Å².